The number of allylic oxidation sites excluding steroid dienone is 3. The number of rotatable bonds is 7. The molecule has 0 fully saturated rings. The van der Waals surface area contributed by atoms with Crippen molar-refractivity contribution in [2.45, 2.75) is 36.4 Å². The van der Waals surface area contributed by atoms with Gasteiger partial charge in [-0.25, -0.2) is 0 Å². The van der Waals surface area contributed by atoms with Crippen LogP contribution in [-0.2, 0) is 14.3 Å². The van der Waals surface area contributed by atoms with Crippen LogP contribution < -0.4 is 15.4 Å². The van der Waals surface area contributed by atoms with Crippen molar-refractivity contribution in [3.05, 3.63) is 52.5 Å². The number of methoxy groups -OCH3 is 1. The number of benzene rings is 1. The van der Waals surface area contributed by atoms with Gasteiger partial charge in [-0.2, -0.15) is 5.26 Å². The first-order valence-electron chi connectivity index (χ1n) is 10.7. The maximum Gasteiger partial charge on any atom is 0.316 e. The zero-order valence-electron chi connectivity index (χ0n) is 18.7. The Morgan fingerprint density at radius 3 is 2.94 bits per heavy atom. The van der Waals surface area contributed by atoms with Crippen LogP contribution >= 0.6 is 23.1 Å². The summed E-state index contributed by atoms with van der Waals surface area (Å²) in [6.07, 6.45) is 1.70. The van der Waals surface area contributed by atoms with E-state index < -0.39 is 5.92 Å². The van der Waals surface area contributed by atoms with Gasteiger partial charge in [0.2, 0.25) is 5.13 Å². The Bertz CT molecular complexity index is 1230. The van der Waals surface area contributed by atoms with Gasteiger partial charge in [0, 0.05) is 17.7 Å². The van der Waals surface area contributed by atoms with E-state index in [9.17, 15) is 14.9 Å². The van der Waals surface area contributed by atoms with Gasteiger partial charge in [-0.3, -0.25) is 14.5 Å². The van der Waals surface area contributed by atoms with E-state index in [4.69, 9.17) is 15.2 Å². The lowest BCUT2D eigenvalue weighted by Gasteiger charge is -2.38. The number of hydrogen-bond acceptors (Lipinski definition) is 11. The lowest BCUT2D eigenvalue weighted by molar-refractivity contribution is -0.139. The molecule has 0 radical (unpaired) electrons. The molecule has 1 aromatic heterocycles. The number of carbonyl (C=O) groups is 2. The molecule has 34 heavy (non-hydrogen) atoms. The van der Waals surface area contributed by atoms with Crippen LogP contribution in [0.25, 0.3) is 0 Å². The Morgan fingerprint density at radius 2 is 2.21 bits per heavy atom. The Morgan fingerprint density at radius 1 is 1.38 bits per heavy atom. The molecule has 176 valence electrons. The van der Waals surface area contributed by atoms with E-state index in [1.807, 2.05) is 24.3 Å². The number of nitrogens with two attached hydrogens (primary N) is 1. The van der Waals surface area contributed by atoms with Crippen LogP contribution in [0, 0.1) is 11.3 Å². The molecule has 0 amide bonds. The predicted octanol–water partition coefficient (Wildman–Crippen LogP) is 3.51. The molecule has 0 spiro atoms. The molecule has 9 nitrogen and oxygen atoms in total. The van der Waals surface area contributed by atoms with Crippen molar-refractivity contribution in [2.24, 2.45) is 5.73 Å². The number of hydrogen-bond donors (Lipinski definition) is 1. The molecule has 0 saturated heterocycles. The second-order valence-corrected chi connectivity index (χ2v) is 9.72. The molecule has 0 saturated carbocycles. The molecule has 1 aliphatic heterocycles. The zero-order valence-corrected chi connectivity index (χ0v) is 20.4. The van der Waals surface area contributed by atoms with E-state index in [1.54, 1.807) is 18.9 Å². The molecule has 1 aliphatic carbocycles. The van der Waals surface area contributed by atoms with Crippen LogP contribution in [0.4, 0.5) is 5.13 Å². The van der Waals surface area contributed by atoms with Gasteiger partial charge in [0.25, 0.3) is 0 Å². The van der Waals surface area contributed by atoms with Crippen LogP contribution in [0.15, 0.2) is 51.3 Å². The minimum absolute atomic E-state index is 0.0132. The maximum absolute atomic E-state index is 13.2. The third kappa shape index (κ3) is 4.51. The van der Waals surface area contributed by atoms with Crippen LogP contribution in [-0.4, -0.2) is 41.4 Å². The molecule has 0 bridgehead atoms. The molecular formula is C23H23N5O4S2. The van der Waals surface area contributed by atoms with Gasteiger partial charge >= 0.3 is 5.97 Å². The Labute approximate surface area is 205 Å². The number of aromatic nitrogens is 2. The largest absolute Gasteiger partial charge is 0.497 e. The summed E-state index contributed by atoms with van der Waals surface area (Å²) in [5.74, 6) is 0.0417. The van der Waals surface area contributed by atoms with Gasteiger partial charge in [0.05, 0.1) is 37.0 Å². The standard InChI is InChI=1S/C23H23N5O4S2/c1-3-32-18(30)12-33-23-27-26-22(34-23)28-16-8-5-9-17(29)20(16)19(15(11-24)21(28)25)13-6-4-7-14(10-13)31-2/h4,6-7,10,19H,3,5,8-9,12,25H2,1-2H3. The van der Waals surface area contributed by atoms with Crippen molar-refractivity contribution in [1.82, 2.24) is 10.2 Å². The van der Waals surface area contributed by atoms with E-state index in [0.717, 1.165) is 11.3 Å². The number of ketones is 1. The van der Waals surface area contributed by atoms with Crippen molar-refractivity contribution in [3.8, 4) is 11.8 Å². The summed E-state index contributed by atoms with van der Waals surface area (Å²) in [5.41, 5.74) is 8.89. The smallest absolute Gasteiger partial charge is 0.316 e. The molecule has 2 N–H and O–H groups in total. The number of anilines is 1. The predicted molar refractivity (Wildman–Crippen MR) is 128 cm³/mol. The minimum atomic E-state index is -0.579. The fourth-order valence-corrected chi connectivity index (χ4v) is 5.81. The van der Waals surface area contributed by atoms with E-state index in [0.29, 0.717) is 46.7 Å². The van der Waals surface area contributed by atoms with Crippen molar-refractivity contribution in [2.75, 3.05) is 24.4 Å². The van der Waals surface area contributed by atoms with Crippen molar-refractivity contribution >= 4 is 40.0 Å². The summed E-state index contributed by atoms with van der Waals surface area (Å²) in [4.78, 5) is 26.5. The van der Waals surface area contributed by atoms with Gasteiger partial charge in [-0.1, -0.05) is 35.2 Å². The number of nitrogens with zero attached hydrogens (tertiary/aromatic N) is 4. The van der Waals surface area contributed by atoms with Crippen molar-refractivity contribution in [1.29, 1.82) is 5.26 Å². The lowest BCUT2D eigenvalue weighted by atomic mass is 9.76. The molecule has 2 aliphatic rings. The average Bonchev–Trinajstić information content (AvgIpc) is 3.31. The van der Waals surface area contributed by atoms with Crippen LogP contribution in [0.5, 0.6) is 5.75 Å². The van der Waals surface area contributed by atoms with E-state index in [1.165, 1.54) is 23.1 Å². The number of nitriles is 1. The van der Waals surface area contributed by atoms with Crippen molar-refractivity contribution < 1.29 is 19.1 Å². The summed E-state index contributed by atoms with van der Waals surface area (Å²) < 4.78 is 10.9. The first-order valence-corrected chi connectivity index (χ1v) is 12.5. The number of carbonyl (C=O) groups excluding carboxylic acids is 2. The Hall–Kier alpha value is -3.36. The highest BCUT2D eigenvalue weighted by Gasteiger charge is 2.41. The number of ether oxygens (including phenoxy) is 2. The molecule has 4 rings (SSSR count). The van der Waals surface area contributed by atoms with E-state index >= 15 is 0 Å². The highest BCUT2D eigenvalue weighted by molar-refractivity contribution is 8.01. The highest BCUT2D eigenvalue weighted by Crippen LogP contribution is 2.47. The van der Waals surface area contributed by atoms with Gasteiger partial charge in [-0.05, 0) is 37.5 Å². The highest BCUT2D eigenvalue weighted by atomic mass is 32.2. The van der Waals surface area contributed by atoms with Crippen LogP contribution in [0.2, 0.25) is 0 Å². The fourth-order valence-electron chi connectivity index (χ4n) is 4.13. The maximum atomic E-state index is 13.2. The topological polar surface area (TPSA) is 131 Å². The summed E-state index contributed by atoms with van der Waals surface area (Å²) in [5, 5.41) is 19.0. The number of esters is 1. The normalized spacial score (nSPS) is 18.0. The second-order valence-electron chi connectivity index (χ2n) is 7.54. The van der Waals surface area contributed by atoms with Gasteiger partial charge in [0.15, 0.2) is 10.1 Å². The Balaban J connectivity index is 1.76. The third-order valence-electron chi connectivity index (χ3n) is 5.55. The molecule has 1 unspecified atom stereocenters. The van der Waals surface area contributed by atoms with Gasteiger partial charge in [0.1, 0.15) is 11.6 Å². The quantitative estimate of drug-likeness (QED) is 0.448. The Kier molecular flexibility index (Phi) is 7.19. The lowest BCUT2D eigenvalue weighted by Crippen LogP contribution is -2.38. The van der Waals surface area contributed by atoms with Gasteiger partial charge < -0.3 is 15.2 Å². The van der Waals surface area contributed by atoms with E-state index in [2.05, 4.69) is 16.3 Å². The monoisotopic (exact) mass is 497 g/mol. The van der Waals surface area contributed by atoms with Crippen LogP contribution in [0.3, 0.4) is 0 Å². The second kappa shape index (κ2) is 10.3. The molecule has 11 heteroatoms. The SMILES string of the molecule is CCOC(=O)CSc1nnc(N2C(N)=C(C#N)C(c3cccc(OC)c3)C3=C2CCCC3=O)s1. The van der Waals surface area contributed by atoms with Crippen molar-refractivity contribution in [3.63, 3.8) is 0 Å². The van der Waals surface area contributed by atoms with E-state index in [-0.39, 0.29) is 28.9 Å². The minimum Gasteiger partial charge on any atom is -0.497 e. The first-order chi connectivity index (χ1) is 16.5. The first kappa shape index (κ1) is 23.8. The third-order valence-corrected chi connectivity index (χ3v) is 7.56. The summed E-state index contributed by atoms with van der Waals surface area (Å²) in [6, 6.07) is 9.57. The number of Topliss-reactive ketones (excluding diaryl/α,β-unsaturated/α-hetero) is 1. The average molecular weight is 498 g/mol. The number of thioether (sulfide) groups is 1. The summed E-state index contributed by atoms with van der Waals surface area (Å²) in [7, 11) is 1.57. The molecule has 2 heterocycles. The molecule has 1 aromatic carbocycles. The van der Waals surface area contributed by atoms with Gasteiger partial charge in [-0.15, -0.1) is 10.2 Å². The fraction of sp³-hybridized carbons (Fsp3) is 0.348. The summed E-state index contributed by atoms with van der Waals surface area (Å²) in [6.45, 7) is 2.06. The molecule has 2 aromatic rings. The zero-order chi connectivity index (χ0) is 24.2. The molecule has 1 atom stereocenters. The summed E-state index contributed by atoms with van der Waals surface area (Å²) >= 11 is 2.46. The molecular weight excluding hydrogens is 474 g/mol. The van der Waals surface area contributed by atoms with Crippen LogP contribution in [0.1, 0.15) is 37.7 Å².